The Morgan fingerprint density at radius 1 is 1.47 bits per heavy atom. The molecule has 0 saturated heterocycles. The highest BCUT2D eigenvalue weighted by Gasteiger charge is 2.18. The molecule has 3 heteroatoms. The fourth-order valence-electron chi connectivity index (χ4n) is 1.83. The average molecular weight is 206 g/mol. The van der Waals surface area contributed by atoms with Gasteiger partial charge in [-0.15, -0.1) is 0 Å². The van der Waals surface area contributed by atoms with E-state index in [0.717, 1.165) is 29.9 Å². The van der Waals surface area contributed by atoms with Crippen molar-refractivity contribution < 1.29 is 14.3 Å². The van der Waals surface area contributed by atoms with Crippen LogP contribution in [0.4, 0.5) is 0 Å². The third-order valence-corrected chi connectivity index (χ3v) is 2.59. The minimum absolute atomic E-state index is 0.0204. The smallest absolute Gasteiger partial charge is 0.163 e. The van der Waals surface area contributed by atoms with Crippen LogP contribution in [0.2, 0.25) is 0 Å². The summed E-state index contributed by atoms with van der Waals surface area (Å²) in [5, 5.41) is 0. The maximum Gasteiger partial charge on any atom is 0.163 e. The molecule has 3 nitrogen and oxygen atoms in total. The van der Waals surface area contributed by atoms with E-state index in [-0.39, 0.29) is 5.78 Å². The van der Waals surface area contributed by atoms with Crippen LogP contribution in [0.15, 0.2) is 12.1 Å². The molecule has 0 fully saturated rings. The lowest BCUT2D eigenvalue weighted by Gasteiger charge is -2.20. The SMILES string of the molecule is COc1cc2c(c(C(C)=O)c1)OCCC2. The Morgan fingerprint density at radius 2 is 2.27 bits per heavy atom. The second-order valence-electron chi connectivity index (χ2n) is 3.67. The van der Waals surface area contributed by atoms with E-state index in [4.69, 9.17) is 9.47 Å². The summed E-state index contributed by atoms with van der Waals surface area (Å²) in [6.07, 6.45) is 1.95. The highest BCUT2D eigenvalue weighted by Crippen LogP contribution is 2.33. The van der Waals surface area contributed by atoms with E-state index in [2.05, 4.69) is 0 Å². The highest BCUT2D eigenvalue weighted by molar-refractivity contribution is 5.97. The number of hydrogen-bond acceptors (Lipinski definition) is 3. The summed E-state index contributed by atoms with van der Waals surface area (Å²) in [7, 11) is 1.61. The van der Waals surface area contributed by atoms with Crippen LogP contribution in [0, 0.1) is 0 Å². The molecule has 0 aromatic heterocycles. The highest BCUT2D eigenvalue weighted by atomic mass is 16.5. The van der Waals surface area contributed by atoms with Crippen molar-refractivity contribution in [2.24, 2.45) is 0 Å². The first-order valence-electron chi connectivity index (χ1n) is 5.07. The van der Waals surface area contributed by atoms with Gasteiger partial charge in [-0.25, -0.2) is 0 Å². The molecule has 1 aliphatic heterocycles. The Kier molecular flexibility index (Phi) is 2.62. The molecular formula is C12H14O3. The Bertz CT molecular complexity index is 396. The van der Waals surface area contributed by atoms with Gasteiger partial charge in [-0.05, 0) is 37.5 Å². The predicted molar refractivity (Wildman–Crippen MR) is 56.8 cm³/mol. The van der Waals surface area contributed by atoms with E-state index < -0.39 is 0 Å². The summed E-state index contributed by atoms with van der Waals surface area (Å²) in [4.78, 5) is 11.4. The van der Waals surface area contributed by atoms with Gasteiger partial charge in [-0.3, -0.25) is 4.79 Å². The van der Waals surface area contributed by atoms with Gasteiger partial charge in [-0.2, -0.15) is 0 Å². The third kappa shape index (κ3) is 1.82. The standard InChI is InChI=1S/C12H14O3/c1-8(13)11-7-10(14-2)6-9-4-3-5-15-12(9)11/h6-7H,3-5H2,1-2H3. The molecule has 0 unspecified atom stereocenters. The summed E-state index contributed by atoms with van der Waals surface area (Å²) in [6, 6.07) is 3.69. The van der Waals surface area contributed by atoms with Gasteiger partial charge in [0.25, 0.3) is 0 Å². The van der Waals surface area contributed by atoms with Gasteiger partial charge in [0.15, 0.2) is 5.78 Å². The van der Waals surface area contributed by atoms with Crippen molar-refractivity contribution in [2.75, 3.05) is 13.7 Å². The van der Waals surface area contributed by atoms with Gasteiger partial charge in [-0.1, -0.05) is 0 Å². The fraction of sp³-hybridized carbons (Fsp3) is 0.417. The Hall–Kier alpha value is -1.51. The summed E-state index contributed by atoms with van der Waals surface area (Å²) in [6.45, 7) is 2.24. The molecule has 0 amide bonds. The van der Waals surface area contributed by atoms with Gasteiger partial charge in [0.05, 0.1) is 19.3 Å². The number of hydrogen-bond donors (Lipinski definition) is 0. The first-order valence-corrected chi connectivity index (χ1v) is 5.07. The number of aryl methyl sites for hydroxylation is 1. The van der Waals surface area contributed by atoms with Gasteiger partial charge in [0.1, 0.15) is 11.5 Å². The van der Waals surface area contributed by atoms with Crippen molar-refractivity contribution in [3.05, 3.63) is 23.3 Å². The zero-order valence-electron chi connectivity index (χ0n) is 9.00. The number of ketones is 1. The summed E-state index contributed by atoms with van der Waals surface area (Å²) < 4.78 is 10.7. The van der Waals surface area contributed by atoms with Crippen LogP contribution >= 0.6 is 0 Å². The van der Waals surface area contributed by atoms with Crippen molar-refractivity contribution in [3.63, 3.8) is 0 Å². The van der Waals surface area contributed by atoms with E-state index in [1.165, 1.54) is 0 Å². The van der Waals surface area contributed by atoms with Crippen molar-refractivity contribution in [1.82, 2.24) is 0 Å². The predicted octanol–water partition coefficient (Wildman–Crippen LogP) is 2.22. The second kappa shape index (κ2) is 3.93. The first-order chi connectivity index (χ1) is 7.22. The maximum absolute atomic E-state index is 11.4. The molecule has 1 aromatic carbocycles. The number of Topliss-reactive ketones (excluding diaryl/α,β-unsaturated/α-hetero) is 1. The summed E-state index contributed by atoms with van der Waals surface area (Å²) in [5.41, 5.74) is 1.70. The summed E-state index contributed by atoms with van der Waals surface area (Å²) in [5.74, 6) is 1.49. The van der Waals surface area contributed by atoms with Gasteiger partial charge in [0.2, 0.25) is 0 Å². The minimum atomic E-state index is 0.0204. The molecule has 0 radical (unpaired) electrons. The Labute approximate surface area is 89.0 Å². The topological polar surface area (TPSA) is 35.5 Å². The average Bonchev–Trinajstić information content (AvgIpc) is 2.27. The van der Waals surface area contributed by atoms with Crippen molar-refractivity contribution in [1.29, 1.82) is 0 Å². The van der Waals surface area contributed by atoms with Gasteiger partial charge >= 0.3 is 0 Å². The fourth-order valence-corrected chi connectivity index (χ4v) is 1.83. The molecule has 15 heavy (non-hydrogen) atoms. The number of ether oxygens (including phenoxy) is 2. The summed E-state index contributed by atoms with van der Waals surface area (Å²) >= 11 is 0. The number of fused-ring (bicyclic) bond motifs is 1. The van der Waals surface area contributed by atoms with E-state index >= 15 is 0 Å². The van der Waals surface area contributed by atoms with E-state index in [0.29, 0.717) is 12.2 Å². The molecule has 0 atom stereocenters. The number of methoxy groups -OCH3 is 1. The second-order valence-corrected chi connectivity index (χ2v) is 3.67. The zero-order chi connectivity index (χ0) is 10.8. The molecule has 2 rings (SSSR count). The number of benzene rings is 1. The van der Waals surface area contributed by atoms with Crippen molar-refractivity contribution >= 4 is 5.78 Å². The molecule has 0 bridgehead atoms. The molecule has 0 N–H and O–H groups in total. The van der Waals surface area contributed by atoms with Crippen LogP contribution in [0.1, 0.15) is 29.3 Å². The lowest BCUT2D eigenvalue weighted by atomic mass is 10.00. The zero-order valence-corrected chi connectivity index (χ0v) is 9.00. The minimum Gasteiger partial charge on any atom is -0.497 e. The van der Waals surface area contributed by atoms with Crippen LogP contribution in [0.3, 0.4) is 0 Å². The maximum atomic E-state index is 11.4. The third-order valence-electron chi connectivity index (χ3n) is 2.59. The van der Waals surface area contributed by atoms with Crippen LogP contribution in [0.25, 0.3) is 0 Å². The lowest BCUT2D eigenvalue weighted by Crippen LogP contribution is -2.12. The van der Waals surface area contributed by atoms with Gasteiger partial charge in [0, 0.05) is 0 Å². The molecule has 0 aliphatic carbocycles. The van der Waals surface area contributed by atoms with Gasteiger partial charge < -0.3 is 9.47 Å². The molecule has 0 saturated carbocycles. The van der Waals surface area contributed by atoms with Crippen LogP contribution in [-0.4, -0.2) is 19.5 Å². The first kappa shape index (κ1) is 10.0. The van der Waals surface area contributed by atoms with Crippen molar-refractivity contribution in [3.8, 4) is 11.5 Å². The molecule has 1 heterocycles. The quantitative estimate of drug-likeness (QED) is 0.696. The monoisotopic (exact) mass is 206 g/mol. The molecule has 0 spiro atoms. The largest absolute Gasteiger partial charge is 0.497 e. The number of carbonyl (C=O) groups is 1. The molecule has 1 aromatic rings. The van der Waals surface area contributed by atoms with E-state index in [1.807, 2.05) is 6.07 Å². The Balaban J connectivity index is 2.55. The molecule has 1 aliphatic rings. The lowest BCUT2D eigenvalue weighted by molar-refractivity contribution is 0.101. The van der Waals surface area contributed by atoms with Crippen LogP contribution in [0.5, 0.6) is 11.5 Å². The van der Waals surface area contributed by atoms with Crippen molar-refractivity contribution in [2.45, 2.75) is 19.8 Å². The Morgan fingerprint density at radius 3 is 2.93 bits per heavy atom. The normalized spacial score (nSPS) is 14.0. The molecule has 80 valence electrons. The van der Waals surface area contributed by atoms with Crippen LogP contribution in [-0.2, 0) is 6.42 Å². The van der Waals surface area contributed by atoms with E-state index in [1.54, 1.807) is 20.1 Å². The van der Waals surface area contributed by atoms with E-state index in [9.17, 15) is 4.79 Å². The number of rotatable bonds is 2. The molecular weight excluding hydrogens is 192 g/mol. The number of carbonyl (C=O) groups excluding carboxylic acids is 1. The van der Waals surface area contributed by atoms with Crippen LogP contribution < -0.4 is 9.47 Å².